The molecule has 0 unspecified atom stereocenters. The number of hydrogen-bond donors (Lipinski definition) is 0. The third-order valence-corrected chi connectivity index (χ3v) is 7.43. The number of imide groups is 2. The number of likely N-dealkylation sites (N-methyl/N-ethyl adjacent to an activating group) is 1. The van der Waals surface area contributed by atoms with Gasteiger partial charge < -0.3 is 9.74 Å². The van der Waals surface area contributed by atoms with Gasteiger partial charge in [-0.25, -0.2) is 4.79 Å². The van der Waals surface area contributed by atoms with Crippen molar-refractivity contribution in [1.82, 2.24) is 19.8 Å². The minimum Gasteiger partial charge on any atom is -0.334 e. The minimum absolute atomic E-state index is 0.0836. The zero-order valence-electron chi connectivity index (χ0n) is 22.5. The fourth-order valence-corrected chi connectivity index (χ4v) is 5.29. The Morgan fingerprint density at radius 3 is 1.73 bits per heavy atom. The lowest BCUT2D eigenvalue weighted by Crippen LogP contribution is -2.45. The van der Waals surface area contributed by atoms with Crippen molar-refractivity contribution in [2.75, 3.05) is 33.7 Å². The number of rotatable bonds is 10. The number of carbonyl (C=O) groups excluding carboxylic acids is 6. The van der Waals surface area contributed by atoms with Crippen LogP contribution in [-0.4, -0.2) is 89.0 Å². The second-order valence-electron chi connectivity index (χ2n) is 10.4. The smallest absolute Gasteiger partial charge is 0.333 e. The van der Waals surface area contributed by atoms with E-state index in [9.17, 15) is 28.8 Å². The predicted octanol–water partition coefficient (Wildman–Crippen LogP) is 2.75. The Bertz CT molecular complexity index is 1410. The van der Waals surface area contributed by atoms with Crippen molar-refractivity contribution in [1.29, 1.82) is 0 Å². The van der Waals surface area contributed by atoms with Gasteiger partial charge in [0.2, 0.25) is 0 Å². The second kappa shape index (κ2) is 10.6. The average molecular weight is 547 g/mol. The Balaban J connectivity index is 1.26. The molecule has 0 atom stereocenters. The summed E-state index contributed by atoms with van der Waals surface area (Å²) >= 11 is 0. The van der Waals surface area contributed by atoms with E-state index in [-0.39, 0.29) is 43.0 Å². The van der Waals surface area contributed by atoms with Crippen molar-refractivity contribution < 1.29 is 33.6 Å². The van der Waals surface area contributed by atoms with Crippen LogP contribution in [0.5, 0.6) is 0 Å². The third kappa shape index (κ3) is 4.66. The number of nitrogens with zero attached hydrogens (tertiary/aromatic N) is 4. The Morgan fingerprint density at radius 1 is 0.775 bits per heavy atom. The van der Waals surface area contributed by atoms with E-state index in [2.05, 4.69) is 6.58 Å². The van der Waals surface area contributed by atoms with Crippen LogP contribution in [0.4, 0.5) is 0 Å². The molecule has 5 rings (SSSR count). The third-order valence-electron chi connectivity index (χ3n) is 7.43. The predicted molar refractivity (Wildman–Crippen MR) is 143 cm³/mol. The Morgan fingerprint density at radius 2 is 1.27 bits per heavy atom. The molecule has 0 bridgehead atoms. The summed E-state index contributed by atoms with van der Waals surface area (Å²) in [5.41, 5.74) is 1.60. The van der Waals surface area contributed by atoms with Crippen LogP contribution in [0.2, 0.25) is 0 Å². The number of carbonyl (C=O) groups is 6. The van der Waals surface area contributed by atoms with E-state index in [1.165, 1.54) is 9.80 Å². The molecule has 208 valence electrons. The average Bonchev–Trinajstić information content (AvgIpc) is 3.23. The van der Waals surface area contributed by atoms with Crippen LogP contribution in [-0.2, 0) is 14.4 Å². The molecule has 0 saturated carbocycles. The van der Waals surface area contributed by atoms with E-state index in [0.717, 1.165) is 5.06 Å². The van der Waals surface area contributed by atoms with Crippen molar-refractivity contribution in [3.63, 3.8) is 0 Å². The molecule has 3 aliphatic rings. The largest absolute Gasteiger partial charge is 0.334 e. The first kappa shape index (κ1) is 27.2. The van der Waals surface area contributed by atoms with E-state index in [1.807, 2.05) is 19.0 Å². The van der Waals surface area contributed by atoms with Gasteiger partial charge in [0.1, 0.15) is 0 Å². The van der Waals surface area contributed by atoms with Crippen molar-refractivity contribution in [3.8, 4) is 0 Å². The highest BCUT2D eigenvalue weighted by atomic mass is 16.7. The van der Waals surface area contributed by atoms with Crippen molar-refractivity contribution in [3.05, 3.63) is 58.8 Å². The van der Waals surface area contributed by atoms with Crippen molar-refractivity contribution >= 4 is 46.3 Å². The van der Waals surface area contributed by atoms with Crippen LogP contribution in [0.25, 0.3) is 10.8 Å². The standard InChI is InChI=1S/C29H30N4O7/c1-17-8-13-22(34)33(17)40-23(35)7-5-4-6-14-31-26(36)18-9-11-20-25-21(12-10-19(24(18)25)27(31)37)29(39)32(28(20)38)16-15-30(2)3/h9-12H,1,4-8,13-16H2,2-3H3. The lowest BCUT2D eigenvalue weighted by atomic mass is 9.86. The van der Waals surface area contributed by atoms with Crippen LogP contribution >= 0.6 is 0 Å². The number of allylic oxidation sites excluding steroid dienone is 1. The summed E-state index contributed by atoms with van der Waals surface area (Å²) in [5.74, 6) is -2.69. The first-order chi connectivity index (χ1) is 19.1. The summed E-state index contributed by atoms with van der Waals surface area (Å²) in [6.45, 7) is 4.59. The molecule has 1 saturated heterocycles. The minimum atomic E-state index is -0.542. The lowest BCUT2D eigenvalue weighted by molar-refractivity contribution is -0.186. The highest BCUT2D eigenvalue weighted by Gasteiger charge is 2.39. The molecule has 1 fully saturated rings. The van der Waals surface area contributed by atoms with Crippen LogP contribution in [0, 0.1) is 0 Å². The van der Waals surface area contributed by atoms with E-state index < -0.39 is 29.6 Å². The van der Waals surface area contributed by atoms with Crippen molar-refractivity contribution in [2.24, 2.45) is 0 Å². The fourth-order valence-electron chi connectivity index (χ4n) is 5.29. The molecule has 40 heavy (non-hydrogen) atoms. The molecular weight excluding hydrogens is 516 g/mol. The molecule has 3 heterocycles. The normalized spacial score (nSPS) is 16.7. The van der Waals surface area contributed by atoms with E-state index in [4.69, 9.17) is 4.84 Å². The molecule has 0 aromatic heterocycles. The van der Waals surface area contributed by atoms with Gasteiger partial charge in [0, 0.05) is 65.5 Å². The monoisotopic (exact) mass is 546 g/mol. The summed E-state index contributed by atoms with van der Waals surface area (Å²) in [7, 11) is 3.71. The fraction of sp³-hybridized carbons (Fsp3) is 0.379. The summed E-state index contributed by atoms with van der Waals surface area (Å²) in [4.78, 5) is 86.3. The zero-order chi connectivity index (χ0) is 28.7. The van der Waals surface area contributed by atoms with Crippen LogP contribution in [0.15, 0.2) is 36.5 Å². The number of hydrogen-bond acceptors (Lipinski definition) is 8. The van der Waals surface area contributed by atoms with E-state index in [1.54, 1.807) is 24.3 Å². The van der Waals surface area contributed by atoms with Crippen LogP contribution < -0.4 is 0 Å². The van der Waals surface area contributed by atoms with Crippen LogP contribution in [0.1, 0.15) is 80.0 Å². The summed E-state index contributed by atoms with van der Waals surface area (Å²) in [6, 6.07) is 6.21. The van der Waals surface area contributed by atoms with Gasteiger partial charge in [-0.05, 0) is 57.6 Å². The molecule has 0 aliphatic carbocycles. The maximum atomic E-state index is 13.4. The quantitative estimate of drug-likeness (QED) is 0.329. The highest BCUT2D eigenvalue weighted by molar-refractivity contribution is 6.33. The number of benzene rings is 2. The van der Waals surface area contributed by atoms with Gasteiger partial charge in [0.25, 0.3) is 29.5 Å². The van der Waals surface area contributed by atoms with Gasteiger partial charge in [-0.15, -0.1) is 5.06 Å². The van der Waals surface area contributed by atoms with Gasteiger partial charge in [-0.1, -0.05) is 13.0 Å². The molecule has 11 nitrogen and oxygen atoms in total. The molecule has 11 heteroatoms. The van der Waals surface area contributed by atoms with E-state index >= 15 is 0 Å². The van der Waals surface area contributed by atoms with Gasteiger partial charge in [0.15, 0.2) is 0 Å². The summed E-state index contributed by atoms with van der Waals surface area (Å²) in [5, 5.41) is 1.64. The maximum absolute atomic E-state index is 13.4. The molecular formula is C29H30N4O7. The molecule has 0 radical (unpaired) electrons. The first-order valence-electron chi connectivity index (χ1n) is 13.3. The van der Waals surface area contributed by atoms with Gasteiger partial charge in [0.05, 0.1) is 5.70 Å². The van der Waals surface area contributed by atoms with Crippen LogP contribution in [0.3, 0.4) is 0 Å². The van der Waals surface area contributed by atoms with Gasteiger partial charge in [-0.3, -0.25) is 33.8 Å². The maximum Gasteiger partial charge on any atom is 0.333 e. The molecule has 2 aromatic carbocycles. The molecule has 2 aromatic rings. The Hall–Kier alpha value is -4.38. The lowest BCUT2D eigenvalue weighted by Gasteiger charge is -2.32. The summed E-state index contributed by atoms with van der Waals surface area (Å²) in [6.07, 6.45) is 2.29. The SMILES string of the molecule is C=C1CCC(=O)N1OC(=O)CCCCCN1C(=O)c2ccc3c4c(ccc(c24)C1=O)C(=O)N(CCN(C)C)C3=O. The molecule has 5 amide bonds. The summed E-state index contributed by atoms with van der Waals surface area (Å²) < 4.78 is 0. The first-order valence-corrected chi connectivity index (χ1v) is 13.3. The molecule has 0 spiro atoms. The number of hydroxylamine groups is 2. The number of amides is 5. The van der Waals surface area contributed by atoms with Crippen molar-refractivity contribution in [2.45, 2.75) is 38.5 Å². The van der Waals surface area contributed by atoms with Gasteiger partial charge >= 0.3 is 5.97 Å². The Kier molecular flexibility index (Phi) is 7.24. The topological polar surface area (TPSA) is 125 Å². The highest BCUT2D eigenvalue weighted by Crippen LogP contribution is 2.38. The Labute approximate surface area is 230 Å². The van der Waals surface area contributed by atoms with E-state index in [0.29, 0.717) is 59.8 Å². The molecule has 3 aliphatic heterocycles. The van der Waals surface area contributed by atoms with Gasteiger partial charge in [-0.2, -0.15) is 0 Å². The molecule has 0 N–H and O–H groups in total. The second-order valence-corrected chi connectivity index (χ2v) is 10.4. The number of unbranched alkanes of at least 4 members (excludes halogenated alkanes) is 2. The zero-order valence-corrected chi connectivity index (χ0v) is 22.5.